The molecule has 0 amide bonds. The van der Waals surface area contributed by atoms with Crippen LogP contribution in [0, 0.1) is 0 Å². The van der Waals surface area contributed by atoms with E-state index in [9.17, 15) is 0 Å². The van der Waals surface area contributed by atoms with E-state index in [0.29, 0.717) is 6.04 Å². The van der Waals surface area contributed by atoms with Crippen LogP contribution in [-0.4, -0.2) is 50.3 Å². The number of nitrogens with one attached hydrogen (secondary N) is 2. The van der Waals surface area contributed by atoms with Gasteiger partial charge in [0.15, 0.2) is 5.96 Å². The molecule has 1 unspecified atom stereocenters. The number of hydrogen-bond acceptors (Lipinski definition) is 3. The molecule has 0 aromatic heterocycles. The summed E-state index contributed by atoms with van der Waals surface area (Å²) in [6.07, 6.45) is 5.03. The Kier molecular flexibility index (Phi) is 12.7. The molecule has 1 aromatic carbocycles. The molecule has 1 fully saturated rings. The Labute approximate surface area is 182 Å². The van der Waals surface area contributed by atoms with Crippen LogP contribution < -0.4 is 10.6 Å². The fourth-order valence-electron chi connectivity index (χ4n) is 3.32. The number of hydrogen-bond donors (Lipinski definition) is 2. The Morgan fingerprint density at radius 1 is 1.19 bits per heavy atom. The first kappa shape index (κ1) is 24.2. The molecule has 1 saturated heterocycles. The summed E-state index contributed by atoms with van der Waals surface area (Å²) in [6, 6.07) is 9.67. The Morgan fingerprint density at radius 3 is 2.59 bits per heavy atom. The minimum atomic E-state index is 0. The Balaban J connectivity index is 0.00000364. The van der Waals surface area contributed by atoms with Crippen LogP contribution in [0.1, 0.15) is 50.7 Å². The third-order valence-electron chi connectivity index (χ3n) is 4.99. The Morgan fingerprint density at radius 2 is 1.93 bits per heavy atom. The van der Waals surface area contributed by atoms with Gasteiger partial charge in [0.25, 0.3) is 0 Å². The van der Waals surface area contributed by atoms with Crippen molar-refractivity contribution < 1.29 is 4.74 Å². The molecule has 1 aliphatic heterocycles. The highest BCUT2D eigenvalue weighted by Crippen LogP contribution is 2.19. The lowest BCUT2D eigenvalue weighted by Crippen LogP contribution is -2.37. The summed E-state index contributed by atoms with van der Waals surface area (Å²) in [5.41, 5.74) is 2.68. The quantitative estimate of drug-likeness (QED) is 0.241. The molecule has 1 heterocycles. The van der Waals surface area contributed by atoms with Crippen molar-refractivity contribution in [1.82, 2.24) is 15.5 Å². The highest BCUT2D eigenvalue weighted by molar-refractivity contribution is 14.0. The number of nitrogens with zero attached hydrogens (tertiary/aromatic N) is 2. The van der Waals surface area contributed by atoms with Crippen molar-refractivity contribution in [3.63, 3.8) is 0 Å². The molecular formula is C21H37IN4O. The van der Waals surface area contributed by atoms with Crippen molar-refractivity contribution in [2.24, 2.45) is 4.99 Å². The number of halogens is 1. The van der Waals surface area contributed by atoms with Crippen LogP contribution in [0.4, 0.5) is 0 Å². The van der Waals surface area contributed by atoms with Crippen LogP contribution in [0.15, 0.2) is 29.3 Å². The van der Waals surface area contributed by atoms with Gasteiger partial charge in [-0.05, 0) is 50.8 Å². The van der Waals surface area contributed by atoms with Crippen LogP contribution in [0.25, 0.3) is 0 Å². The molecule has 27 heavy (non-hydrogen) atoms. The molecule has 0 saturated carbocycles. The highest BCUT2D eigenvalue weighted by atomic mass is 127. The maximum absolute atomic E-state index is 5.35. The lowest BCUT2D eigenvalue weighted by atomic mass is 10.0. The van der Waals surface area contributed by atoms with Gasteiger partial charge in [0, 0.05) is 45.9 Å². The van der Waals surface area contributed by atoms with Gasteiger partial charge in [0.1, 0.15) is 0 Å². The van der Waals surface area contributed by atoms with Gasteiger partial charge in [-0.15, -0.1) is 24.0 Å². The third-order valence-corrected chi connectivity index (χ3v) is 4.99. The maximum atomic E-state index is 5.35. The first-order valence-electron chi connectivity index (χ1n) is 10.1. The summed E-state index contributed by atoms with van der Waals surface area (Å²) in [5, 5.41) is 6.69. The standard InChI is InChI=1S/C21H36N4O.HI/c1-4-26-15-7-13-23-21(22-3)24-16-19-9-11-20(12-10-19)17-25-14-6-5-8-18(25)2;/h9-12,18H,4-8,13-17H2,1-3H3,(H2,22,23,24);1H. The summed E-state index contributed by atoms with van der Waals surface area (Å²) >= 11 is 0. The zero-order valence-electron chi connectivity index (χ0n) is 17.2. The normalized spacial score (nSPS) is 18.0. The van der Waals surface area contributed by atoms with E-state index in [4.69, 9.17) is 4.74 Å². The van der Waals surface area contributed by atoms with Crippen molar-refractivity contribution in [3.8, 4) is 0 Å². The molecule has 2 rings (SSSR count). The van der Waals surface area contributed by atoms with Crippen molar-refractivity contribution in [2.45, 2.75) is 58.7 Å². The third kappa shape index (κ3) is 9.25. The summed E-state index contributed by atoms with van der Waals surface area (Å²) in [5.74, 6) is 0.840. The molecule has 1 atom stereocenters. The summed E-state index contributed by atoms with van der Waals surface area (Å²) < 4.78 is 5.35. The molecule has 0 radical (unpaired) electrons. The largest absolute Gasteiger partial charge is 0.382 e. The predicted octanol–water partition coefficient (Wildman–Crippen LogP) is 3.77. The smallest absolute Gasteiger partial charge is 0.191 e. The van der Waals surface area contributed by atoms with Gasteiger partial charge >= 0.3 is 0 Å². The number of guanidine groups is 1. The van der Waals surface area contributed by atoms with Gasteiger partial charge in [0.2, 0.25) is 0 Å². The number of likely N-dealkylation sites (tertiary alicyclic amines) is 1. The fraction of sp³-hybridized carbons (Fsp3) is 0.667. The van der Waals surface area contributed by atoms with Gasteiger partial charge in [0.05, 0.1) is 0 Å². The lowest BCUT2D eigenvalue weighted by Gasteiger charge is -2.33. The molecule has 2 N–H and O–H groups in total. The number of rotatable bonds is 9. The zero-order chi connectivity index (χ0) is 18.6. The Hall–Kier alpha value is -0.860. The maximum Gasteiger partial charge on any atom is 0.191 e. The van der Waals surface area contributed by atoms with Gasteiger partial charge < -0.3 is 15.4 Å². The molecule has 6 heteroatoms. The van der Waals surface area contributed by atoms with Crippen molar-refractivity contribution in [1.29, 1.82) is 0 Å². The topological polar surface area (TPSA) is 48.9 Å². The molecule has 1 aromatic rings. The SMILES string of the molecule is CCOCCCNC(=NC)NCc1ccc(CN2CCCCC2C)cc1.I. The Bertz CT molecular complexity index is 535. The molecule has 1 aliphatic rings. The van der Waals surface area contributed by atoms with Gasteiger partial charge in [-0.2, -0.15) is 0 Å². The second-order valence-electron chi connectivity index (χ2n) is 7.03. The van der Waals surface area contributed by atoms with E-state index in [0.717, 1.165) is 45.2 Å². The molecule has 0 spiro atoms. The monoisotopic (exact) mass is 488 g/mol. The van der Waals surface area contributed by atoms with Crippen LogP contribution in [0.2, 0.25) is 0 Å². The highest BCUT2D eigenvalue weighted by Gasteiger charge is 2.17. The van der Waals surface area contributed by atoms with Crippen molar-refractivity contribution in [3.05, 3.63) is 35.4 Å². The van der Waals surface area contributed by atoms with Crippen LogP contribution in [0.5, 0.6) is 0 Å². The summed E-state index contributed by atoms with van der Waals surface area (Å²) in [7, 11) is 1.81. The second-order valence-corrected chi connectivity index (χ2v) is 7.03. The van der Waals surface area contributed by atoms with E-state index in [1.54, 1.807) is 7.05 Å². The van der Waals surface area contributed by atoms with Gasteiger partial charge in [-0.3, -0.25) is 9.89 Å². The summed E-state index contributed by atoms with van der Waals surface area (Å²) in [4.78, 5) is 6.87. The van der Waals surface area contributed by atoms with E-state index in [-0.39, 0.29) is 24.0 Å². The molecule has 5 nitrogen and oxygen atoms in total. The zero-order valence-corrected chi connectivity index (χ0v) is 19.5. The van der Waals surface area contributed by atoms with Gasteiger partial charge in [-0.1, -0.05) is 30.7 Å². The minimum absolute atomic E-state index is 0. The van der Waals surface area contributed by atoms with Crippen LogP contribution in [-0.2, 0) is 17.8 Å². The van der Waals surface area contributed by atoms with E-state index in [1.807, 2.05) is 6.92 Å². The van der Waals surface area contributed by atoms with Crippen molar-refractivity contribution >= 4 is 29.9 Å². The lowest BCUT2D eigenvalue weighted by molar-refractivity contribution is 0.145. The van der Waals surface area contributed by atoms with E-state index >= 15 is 0 Å². The number of benzene rings is 1. The van der Waals surface area contributed by atoms with Gasteiger partial charge in [-0.25, -0.2) is 0 Å². The molecule has 0 aliphatic carbocycles. The summed E-state index contributed by atoms with van der Waals surface area (Å²) in [6.45, 7) is 9.89. The average Bonchev–Trinajstić information content (AvgIpc) is 2.67. The number of aliphatic imine (C=N–C) groups is 1. The average molecular weight is 488 g/mol. The molecule has 154 valence electrons. The molecule has 0 bridgehead atoms. The van der Waals surface area contributed by atoms with E-state index in [2.05, 4.69) is 51.7 Å². The second kappa shape index (κ2) is 14.2. The van der Waals surface area contributed by atoms with E-state index < -0.39 is 0 Å². The number of piperidine rings is 1. The van der Waals surface area contributed by atoms with Crippen molar-refractivity contribution in [2.75, 3.05) is 33.4 Å². The van der Waals surface area contributed by atoms with E-state index in [1.165, 1.54) is 36.9 Å². The molecular weight excluding hydrogens is 451 g/mol. The van der Waals surface area contributed by atoms with Crippen LogP contribution in [0.3, 0.4) is 0 Å². The fourth-order valence-corrected chi connectivity index (χ4v) is 3.32. The predicted molar refractivity (Wildman–Crippen MR) is 125 cm³/mol. The first-order chi connectivity index (χ1) is 12.7. The van der Waals surface area contributed by atoms with Crippen LogP contribution >= 0.6 is 24.0 Å². The first-order valence-corrected chi connectivity index (χ1v) is 10.1. The minimum Gasteiger partial charge on any atom is -0.382 e. The number of ether oxygens (including phenoxy) is 1.